The summed E-state index contributed by atoms with van der Waals surface area (Å²) in [5, 5.41) is 14.3. The van der Waals surface area contributed by atoms with Crippen molar-refractivity contribution in [2.45, 2.75) is 32.7 Å². The van der Waals surface area contributed by atoms with E-state index in [1.54, 1.807) is 13.1 Å². The average molecular weight is 291 g/mol. The second-order valence-electron chi connectivity index (χ2n) is 5.55. The minimum Gasteiger partial charge on any atom is -0.355 e. The van der Waals surface area contributed by atoms with Crippen LogP contribution in [-0.2, 0) is 0 Å². The standard InChI is InChI=1S/C15H25N5O/c1-4-17-11(2)12-6-5-9-20(10-12)14-8-7-13(18-19-14)15(21)16-3/h7-8,11-12,17H,4-6,9-10H2,1-3H3,(H,16,21). The number of piperidine rings is 1. The van der Waals surface area contributed by atoms with Gasteiger partial charge in [-0.3, -0.25) is 4.79 Å². The molecular formula is C15H25N5O. The van der Waals surface area contributed by atoms with E-state index in [2.05, 4.69) is 39.6 Å². The van der Waals surface area contributed by atoms with E-state index in [9.17, 15) is 4.79 Å². The molecule has 2 N–H and O–H groups in total. The van der Waals surface area contributed by atoms with Crippen molar-refractivity contribution >= 4 is 11.7 Å². The van der Waals surface area contributed by atoms with E-state index < -0.39 is 0 Å². The van der Waals surface area contributed by atoms with Gasteiger partial charge >= 0.3 is 0 Å². The molecule has 1 amide bonds. The third kappa shape index (κ3) is 3.91. The van der Waals surface area contributed by atoms with Gasteiger partial charge in [0.1, 0.15) is 0 Å². The molecule has 116 valence electrons. The van der Waals surface area contributed by atoms with Gasteiger partial charge in [0, 0.05) is 26.2 Å². The first-order chi connectivity index (χ1) is 10.2. The summed E-state index contributed by atoms with van der Waals surface area (Å²) in [7, 11) is 1.59. The maximum Gasteiger partial charge on any atom is 0.271 e. The maximum absolute atomic E-state index is 11.5. The molecule has 0 saturated carbocycles. The highest BCUT2D eigenvalue weighted by atomic mass is 16.1. The van der Waals surface area contributed by atoms with Crippen LogP contribution in [0.3, 0.4) is 0 Å². The van der Waals surface area contributed by atoms with Crippen molar-refractivity contribution in [3.05, 3.63) is 17.8 Å². The minimum atomic E-state index is -0.202. The van der Waals surface area contributed by atoms with Crippen molar-refractivity contribution in [1.82, 2.24) is 20.8 Å². The lowest BCUT2D eigenvalue weighted by atomic mass is 9.91. The predicted molar refractivity (Wildman–Crippen MR) is 83.5 cm³/mol. The lowest BCUT2D eigenvalue weighted by Crippen LogP contribution is -2.44. The summed E-state index contributed by atoms with van der Waals surface area (Å²) >= 11 is 0. The monoisotopic (exact) mass is 291 g/mol. The molecule has 2 atom stereocenters. The van der Waals surface area contributed by atoms with Gasteiger partial charge in [0.2, 0.25) is 0 Å². The molecule has 6 heteroatoms. The molecule has 1 fully saturated rings. The number of nitrogens with one attached hydrogen (secondary N) is 2. The van der Waals surface area contributed by atoms with Gasteiger partial charge < -0.3 is 15.5 Å². The van der Waals surface area contributed by atoms with Crippen LogP contribution in [0.15, 0.2) is 12.1 Å². The van der Waals surface area contributed by atoms with E-state index in [4.69, 9.17) is 0 Å². The van der Waals surface area contributed by atoms with Crippen LogP contribution in [0, 0.1) is 5.92 Å². The van der Waals surface area contributed by atoms with Gasteiger partial charge in [0.25, 0.3) is 5.91 Å². The van der Waals surface area contributed by atoms with Crippen molar-refractivity contribution in [3.8, 4) is 0 Å². The first-order valence-electron chi connectivity index (χ1n) is 7.69. The number of carbonyl (C=O) groups excluding carboxylic acids is 1. The van der Waals surface area contributed by atoms with Crippen LogP contribution in [0.25, 0.3) is 0 Å². The summed E-state index contributed by atoms with van der Waals surface area (Å²) in [5.74, 6) is 1.28. The van der Waals surface area contributed by atoms with E-state index >= 15 is 0 Å². The number of hydrogen-bond donors (Lipinski definition) is 2. The lowest BCUT2D eigenvalue weighted by molar-refractivity contribution is 0.0957. The second kappa shape index (κ2) is 7.36. The van der Waals surface area contributed by atoms with Gasteiger partial charge in [0.05, 0.1) is 0 Å². The highest BCUT2D eigenvalue weighted by Crippen LogP contribution is 2.23. The van der Waals surface area contributed by atoms with Crippen LogP contribution in [0.1, 0.15) is 37.2 Å². The normalized spacial score (nSPS) is 20.1. The molecule has 0 aliphatic carbocycles. The molecule has 21 heavy (non-hydrogen) atoms. The highest BCUT2D eigenvalue weighted by molar-refractivity contribution is 5.91. The maximum atomic E-state index is 11.5. The van der Waals surface area contributed by atoms with Crippen molar-refractivity contribution in [3.63, 3.8) is 0 Å². The highest BCUT2D eigenvalue weighted by Gasteiger charge is 2.25. The van der Waals surface area contributed by atoms with Crippen molar-refractivity contribution < 1.29 is 4.79 Å². The number of nitrogens with zero attached hydrogens (tertiary/aromatic N) is 3. The Morgan fingerprint density at radius 3 is 2.90 bits per heavy atom. The Balaban J connectivity index is 2.02. The van der Waals surface area contributed by atoms with Crippen molar-refractivity contribution in [2.75, 3.05) is 31.6 Å². The molecular weight excluding hydrogens is 266 g/mol. The predicted octanol–water partition coefficient (Wildman–Crippen LogP) is 1.05. The first-order valence-corrected chi connectivity index (χ1v) is 7.69. The minimum absolute atomic E-state index is 0.202. The fraction of sp³-hybridized carbons (Fsp3) is 0.667. The molecule has 6 nitrogen and oxygen atoms in total. The van der Waals surface area contributed by atoms with Crippen LogP contribution in [0.5, 0.6) is 0 Å². The van der Waals surface area contributed by atoms with Gasteiger partial charge in [-0.25, -0.2) is 0 Å². The molecule has 0 radical (unpaired) electrons. The Kier molecular flexibility index (Phi) is 5.50. The molecule has 2 unspecified atom stereocenters. The fourth-order valence-corrected chi connectivity index (χ4v) is 2.86. The van der Waals surface area contributed by atoms with Crippen LogP contribution in [0.4, 0.5) is 5.82 Å². The molecule has 0 aromatic carbocycles. The van der Waals surface area contributed by atoms with Gasteiger partial charge in [-0.1, -0.05) is 6.92 Å². The molecule has 1 aliphatic rings. The molecule has 0 spiro atoms. The zero-order valence-electron chi connectivity index (χ0n) is 13.1. The quantitative estimate of drug-likeness (QED) is 0.848. The summed E-state index contributed by atoms with van der Waals surface area (Å²) in [6.07, 6.45) is 2.41. The number of rotatable bonds is 5. The molecule has 2 rings (SSSR count). The Morgan fingerprint density at radius 1 is 1.48 bits per heavy atom. The second-order valence-corrected chi connectivity index (χ2v) is 5.55. The Labute approximate surface area is 126 Å². The molecule has 1 saturated heterocycles. The van der Waals surface area contributed by atoms with E-state index in [0.29, 0.717) is 17.7 Å². The average Bonchev–Trinajstić information content (AvgIpc) is 2.54. The van der Waals surface area contributed by atoms with Crippen LogP contribution in [-0.4, -0.2) is 48.8 Å². The molecule has 0 bridgehead atoms. The lowest BCUT2D eigenvalue weighted by Gasteiger charge is -2.36. The Bertz CT molecular complexity index is 462. The Hall–Kier alpha value is -1.69. The van der Waals surface area contributed by atoms with E-state index in [0.717, 1.165) is 25.5 Å². The van der Waals surface area contributed by atoms with E-state index in [-0.39, 0.29) is 5.91 Å². The van der Waals surface area contributed by atoms with Gasteiger partial charge in [-0.2, -0.15) is 0 Å². The van der Waals surface area contributed by atoms with Crippen LogP contribution >= 0.6 is 0 Å². The molecule has 2 heterocycles. The molecule has 1 aromatic heterocycles. The number of carbonyl (C=O) groups is 1. The van der Waals surface area contributed by atoms with E-state index in [1.165, 1.54) is 12.8 Å². The van der Waals surface area contributed by atoms with Crippen LogP contribution in [0.2, 0.25) is 0 Å². The fourth-order valence-electron chi connectivity index (χ4n) is 2.86. The SMILES string of the molecule is CCNC(C)C1CCCN(c2ccc(C(=O)NC)nn2)C1. The third-order valence-electron chi connectivity index (χ3n) is 4.13. The summed E-state index contributed by atoms with van der Waals surface area (Å²) in [6, 6.07) is 4.13. The summed E-state index contributed by atoms with van der Waals surface area (Å²) < 4.78 is 0. The number of aromatic nitrogens is 2. The zero-order valence-corrected chi connectivity index (χ0v) is 13.1. The third-order valence-corrected chi connectivity index (χ3v) is 4.13. The first kappa shape index (κ1) is 15.7. The summed E-state index contributed by atoms with van der Waals surface area (Å²) in [5.41, 5.74) is 0.357. The molecule has 1 aromatic rings. The number of hydrogen-bond acceptors (Lipinski definition) is 5. The topological polar surface area (TPSA) is 70.2 Å². The largest absolute Gasteiger partial charge is 0.355 e. The van der Waals surface area contributed by atoms with E-state index in [1.807, 2.05) is 6.07 Å². The smallest absolute Gasteiger partial charge is 0.271 e. The van der Waals surface area contributed by atoms with Gasteiger partial charge in [-0.05, 0) is 44.4 Å². The Morgan fingerprint density at radius 2 is 2.29 bits per heavy atom. The van der Waals surface area contributed by atoms with Crippen molar-refractivity contribution in [1.29, 1.82) is 0 Å². The molecule has 1 aliphatic heterocycles. The van der Waals surface area contributed by atoms with Gasteiger partial charge in [0.15, 0.2) is 11.5 Å². The number of anilines is 1. The number of amides is 1. The summed E-state index contributed by atoms with van der Waals surface area (Å²) in [4.78, 5) is 13.7. The zero-order chi connectivity index (χ0) is 15.2. The van der Waals surface area contributed by atoms with Crippen LogP contribution < -0.4 is 15.5 Å². The summed E-state index contributed by atoms with van der Waals surface area (Å²) in [6.45, 7) is 7.38. The van der Waals surface area contributed by atoms with Gasteiger partial charge in [-0.15, -0.1) is 10.2 Å². The van der Waals surface area contributed by atoms with Crippen molar-refractivity contribution in [2.24, 2.45) is 5.92 Å².